The van der Waals surface area contributed by atoms with Gasteiger partial charge < -0.3 is 15.4 Å². The Morgan fingerprint density at radius 3 is 3.04 bits per heavy atom. The van der Waals surface area contributed by atoms with E-state index >= 15 is 0 Å². The number of rotatable bonds is 5. The van der Waals surface area contributed by atoms with E-state index in [0.717, 1.165) is 18.5 Å². The largest absolute Gasteiger partial charge is 0.477 e. The van der Waals surface area contributed by atoms with Crippen LogP contribution in [-0.4, -0.2) is 51.6 Å². The minimum Gasteiger partial charge on any atom is -0.477 e. The lowest BCUT2D eigenvalue weighted by atomic mass is 9.94. The molecule has 1 fully saturated rings. The third-order valence-electron chi connectivity index (χ3n) is 4.28. The number of hydrogen-bond acceptors (Lipinski definition) is 5. The van der Waals surface area contributed by atoms with Gasteiger partial charge >= 0.3 is 0 Å². The zero-order valence-electron chi connectivity index (χ0n) is 14.1. The lowest BCUT2D eigenvalue weighted by molar-refractivity contribution is 0.0700. The monoisotopic (exact) mass is 343 g/mol. The minimum atomic E-state index is -0.567. The van der Waals surface area contributed by atoms with Crippen LogP contribution in [0.1, 0.15) is 52.2 Å². The first-order valence-electron chi connectivity index (χ1n) is 8.32. The molecule has 1 saturated heterocycles. The predicted molar refractivity (Wildman–Crippen MR) is 90.4 cm³/mol. The molecule has 2 aromatic heterocycles. The number of H-pyrrole nitrogens is 1. The van der Waals surface area contributed by atoms with Crippen molar-refractivity contribution < 1.29 is 14.3 Å². The molecule has 0 unspecified atom stereocenters. The van der Waals surface area contributed by atoms with Gasteiger partial charge in [-0.3, -0.25) is 14.7 Å². The predicted octanol–water partition coefficient (Wildman–Crippen LogP) is 1.32. The molecule has 25 heavy (non-hydrogen) atoms. The van der Waals surface area contributed by atoms with Crippen molar-refractivity contribution in [3.8, 4) is 5.88 Å². The molecule has 1 aliphatic heterocycles. The van der Waals surface area contributed by atoms with Crippen molar-refractivity contribution in [2.45, 2.75) is 25.7 Å². The molecule has 0 aromatic carbocycles. The molecular weight excluding hydrogens is 322 g/mol. The summed E-state index contributed by atoms with van der Waals surface area (Å²) in [6.45, 7) is 3.52. The molecule has 1 atom stereocenters. The average molecular weight is 343 g/mol. The fourth-order valence-corrected chi connectivity index (χ4v) is 3.06. The van der Waals surface area contributed by atoms with E-state index in [1.54, 1.807) is 29.3 Å². The number of nitrogens with one attached hydrogen (secondary N) is 1. The van der Waals surface area contributed by atoms with Gasteiger partial charge in [-0.25, -0.2) is 4.98 Å². The third kappa shape index (κ3) is 3.62. The number of likely N-dealkylation sites (tertiary alicyclic amines) is 1. The molecular formula is C17H21N5O3. The van der Waals surface area contributed by atoms with Crippen LogP contribution in [0.5, 0.6) is 5.88 Å². The number of carbonyl (C=O) groups excluding carboxylic acids is 2. The molecule has 8 nitrogen and oxygen atoms in total. The van der Waals surface area contributed by atoms with E-state index in [-0.39, 0.29) is 17.5 Å². The summed E-state index contributed by atoms with van der Waals surface area (Å²) in [5.41, 5.74) is 6.75. The van der Waals surface area contributed by atoms with E-state index < -0.39 is 5.91 Å². The Morgan fingerprint density at radius 2 is 2.32 bits per heavy atom. The van der Waals surface area contributed by atoms with Gasteiger partial charge in [0.25, 0.3) is 11.8 Å². The molecule has 0 bridgehead atoms. The molecule has 3 rings (SSSR count). The topological polar surface area (TPSA) is 114 Å². The quantitative estimate of drug-likeness (QED) is 0.850. The number of nitrogens with two attached hydrogens (primary N) is 1. The van der Waals surface area contributed by atoms with E-state index in [1.165, 1.54) is 0 Å². The Kier molecular flexibility index (Phi) is 4.97. The summed E-state index contributed by atoms with van der Waals surface area (Å²) < 4.78 is 5.46. The summed E-state index contributed by atoms with van der Waals surface area (Å²) in [5, 5.41) is 6.79. The van der Waals surface area contributed by atoms with Crippen LogP contribution in [0.4, 0.5) is 0 Å². The summed E-state index contributed by atoms with van der Waals surface area (Å²) in [4.78, 5) is 30.0. The van der Waals surface area contributed by atoms with Crippen molar-refractivity contribution in [2.75, 3.05) is 19.7 Å². The first kappa shape index (κ1) is 16.9. The first-order valence-corrected chi connectivity index (χ1v) is 8.32. The second-order valence-corrected chi connectivity index (χ2v) is 5.95. The Balaban J connectivity index is 1.76. The summed E-state index contributed by atoms with van der Waals surface area (Å²) in [5.74, 6) is -0.223. The number of ether oxygens (including phenoxy) is 1. The van der Waals surface area contributed by atoms with Crippen molar-refractivity contribution in [1.29, 1.82) is 0 Å². The van der Waals surface area contributed by atoms with Gasteiger partial charge in [-0.2, -0.15) is 5.10 Å². The van der Waals surface area contributed by atoms with Crippen LogP contribution in [0.15, 0.2) is 24.4 Å². The standard InChI is InChI=1S/C17H21N5O3/c1-2-25-16-12(6-3-7-19-16)17(24)22-8-4-5-11(10-22)13-9-14(15(18)23)21-20-13/h3,6-7,9,11H,2,4-5,8,10H2,1H3,(H2,18,23)(H,20,21)/t11-/m1/s1. The van der Waals surface area contributed by atoms with E-state index in [0.29, 0.717) is 31.1 Å². The Bertz CT molecular complexity index is 773. The molecule has 0 saturated carbocycles. The number of carbonyl (C=O) groups is 2. The van der Waals surface area contributed by atoms with Crippen LogP contribution in [0.3, 0.4) is 0 Å². The number of amides is 2. The summed E-state index contributed by atoms with van der Waals surface area (Å²) in [6, 6.07) is 5.12. The Hall–Kier alpha value is -2.90. The maximum absolute atomic E-state index is 12.9. The molecule has 2 amide bonds. The van der Waals surface area contributed by atoms with Crippen LogP contribution in [-0.2, 0) is 0 Å². The molecule has 0 spiro atoms. The second-order valence-electron chi connectivity index (χ2n) is 5.95. The molecule has 0 aliphatic carbocycles. The van der Waals surface area contributed by atoms with Gasteiger partial charge in [0, 0.05) is 30.9 Å². The molecule has 8 heteroatoms. The molecule has 2 aromatic rings. The SMILES string of the molecule is CCOc1ncccc1C(=O)N1CCC[C@@H](c2cc(C(N)=O)n[nH]2)C1. The lowest BCUT2D eigenvalue weighted by Gasteiger charge is -2.32. The normalized spacial score (nSPS) is 17.3. The number of hydrogen-bond donors (Lipinski definition) is 2. The minimum absolute atomic E-state index is 0.0884. The van der Waals surface area contributed by atoms with Gasteiger partial charge in [-0.15, -0.1) is 0 Å². The molecule has 0 radical (unpaired) electrons. The highest BCUT2D eigenvalue weighted by Gasteiger charge is 2.28. The van der Waals surface area contributed by atoms with Crippen molar-refractivity contribution in [3.05, 3.63) is 41.3 Å². The lowest BCUT2D eigenvalue weighted by Crippen LogP contribution is -2.39. The fourth-order valence-electron chi connectivity index (χ4n) is 3.06. The number of piperidine rings is 1. The number of aromatic nitrogens is 3. The highest BCUT2D eigenvalue weighted by atomic mass is 16.5. The van der Waals surface area contributed by atoms with Gasteiger partial charge in [-0.05, 0) is 38.0 Å². The van der Waals surface area contributed by atoms with Crippen molar-refractivity contribution in [3.63, 3.8) is 0 Å². The number of nitrogens with zero attached hydrogens (tertiary/aromatic N) is 3. The van der Waals surface area contributed by atoms with Crippen molar-refractivity contribution >= 4 is 11.8 Å². The maximum atomic E-state index is 12.9. The molecule has 132 valence electrons. The fraction of sp³-hybridized carbons (Fsp3) is 0.412. The highest BCUT2D eigenvalue weighted by molar-refractivity contribution is 5.96. The Labute approximate surface area is 145 Å². The van der Waals surface area contributed by atoms with Gasteiger partial charge in [0.2, 0.25) is 5.88 Å². The van der Waals surface area contributed by atoms with E-state index in [9.17, 15) is 9.59 Å². The van der Waals surface area contributed by atoms with Crippen molar-refractivity contribution in [1.82, 2.24) is 20.1 Å². The van der Waals surface area contributed by atoms with Crippen LogP contribution in [0.25, 0.3) is 0 Å². The van der Waals surface area contributed by atoms with Gasteiger partial charge in [0.15, 0.2) is 0 Å². The molecule has 1 aliphatic rings. The van der Waals surface area contributed by atoms with Gasteiger partial charge in [0.05, 0.1) is 6.61 Å². The third-order valence-corrected chi connectivity index (χ3v) is 4.28. The highest BCUT2D eigenvalue weighted by Crippen LogP contribution is 2.28. The summed E-state index contributed by atoms with van der Waals surface area (Å²) in [6.07, 6.45) is 3.39. The second kappa shape index (κ2) is 7.33. The summed E-state index contributed by atoms with van der Waals surface area (Å²) in [7, 11) is 0. The van der Waals surface area contributed by atoms with E-state index in [2.05, 4.69) is 15.2 Å². The van der Waals surface area contributed by atoms with Crippen LogP contribution in [0, 0.1) is 0 Å². The van der Waals surface area contributed by atoms with Crippen LogP contribution < -0.4 is 10.5 Å². The van der Waals surface area contributed by atoms with E-state index in [4.69, 9.17) is 10.5 Å². The number of aromatic amines is 1. The molecule has 3 N–H and O–H groups in total. The van der Waals surface area contributed by atoms with Gasteiger partial charge in [-0.1, -0.05) is 0 Å². The zero-order chi connectivity index (χ0) is 17.8. The average Bonchev–Trinajstić information content (AvgIpc) is 3.13. The van der Waals surface area contributed by atoms with Crippen LogP contribution in [0.2, 0.25) is 0 Å². The maximum Gasteiger partial charge on any atom is 0.269 e. The van der Waals surface area contributed by atoms with Gasteiger partial charge in [0.1, 0.15) is 11.3 Å². The van der Waals surface area contributed by atoms with E-state index in [1.807, 2.05) is 6.92 Å². The first-order chi connectivity index (χ1) is 12.1. The number of pyridine rings is 1. The zero-order valence-corrected chi connectivity index (χ0v) is 14.1. The summed E-state index contributed by atoms with van der Waals surface area (Å²) >= 11 is 0. The van der Waals surface area contributed by atoms with Crippen LogP contribution >= 0.6 is 0 Å². The molecule has 3 heterocycles. The number of primary amides is 1. The van der Waals surface area contributed by atoms with Crippen molar-refractivity contribution in [2.24, 2.45) is 5.73 Å². The smallest absolute Gasteiger partial charge is 0.269 e. The Morgan fingerprint density at radius 1 is 1.48 bits per heavy atom.